The van der Waals surface area contributed by atoms with Gasteiger partial charge >= 0.3 is 0 Å². The van der Waals surface area contributed by atoms with Crippen LogP contribution in [0.1, 0.15) is 16.8 Å². The quantitative estimate of drug-likeness (QED) is 0.682. The fourth-order valence-corrected chi connectivity index (χ4v) is 3.37. The van der Waals surface area contributed by atoms with Gasteiger partial charge in [0, 0.05) is 48.3 Å². The van der Waals surface area contributed by atoms with Crippen molar-refractivity contribution in [2.24, 2.45) is 7.05 Å². The topological polar surface area (TPSA) is 54.2 Å². The molecule has 0 saturated carbocycles. The maximum absolute atomic E-state index is 14.0. The Hall–Kier alpha value is -1.83. The number of rotatable bonds is 6. The van der Waals surface area contributed by atoms with Crippen molar-refractivity contribution in [2.45, 2.75) is 20.0 Å². The van der Waals surface area contributed by atoms with E-state index in [0.717, 1.165) is 26.8 Å². The minimum atomic E-state index is -0.247. The van der Waals surface area contributed by atoms with Gasteiger partial charge < -0.3 is 5.11 Å². The van der Waals surface area contributed by atoms with E-state index in [1.807, 2.05) is 25.1 Å². The molecule has 25 heavy (non-hydrogen) atoms. The molecule has 0 saturated heterocycles. The number of nitrogens with zero attached hydrogens (tertiary/aromatic N) is 4. The van der Waals surface area contributed by atoms with E-state index in [-0.39, 0.29) is 12.4 Å². The highest BCUT2D eigenvalue weighted by molar-refractivity contribution is 9.10. The number of aryl methyl sites for hydroxylation is 2. The lowest BCUT2D eigenvalue weighted by atomic mass is 10.1. The van der Waals surface area contributed by atoms with Crippen molar-refractivity contribution in [2.75, 3.05) is 13.2 Å². The zero-order chi connectivity index (χ0) is 18.0. The second kappa shape index (κ2) is 7.59. The van der Waals surface area contributed by atoms with E-state index in [2.05, 4.69) is 32.1 Å². The normalized spacial score (nSPS) is 11.6. The Kier molecular flexibility index (Phi) is 5.46. The molecule has 0 aliphatic heterocycles. The molecule has 5 nitrogen and oxygen atoms in total. The number of halogens is 2. The van der Waals surface area contributed by atoms with Gasteiger partial charge in [0.2, 0.25) is 0 Å². The lowest BCUT2D eigenvalue weighted by Crippen LogP contribution is -2.26. The van der Waals surface area contributed by atoms with E-state index in [1.165, 1.54) is 6.07 Å². The van der Waals surface area contributed by atoms with E-state index in [4.69, 9.17) is 0 Å². The van der Waals surface area contributed by atoms with Gasteiger partial charge in [-0.05, 0) is 36.8 Å². The minimum Gasteiger partial charge on any atom is -0.395 e. The fraction of sp³-hybridized carbons (Fsp3) is 0.333. The molecule has 7 heteroatoms. The van der Waals surface area contributed by atoms with Crippen LogP contribution in [-0.2, 0) is 20.1 Å². The summed E-state index contributed by atoms with van der Waals surface area (Å²) >= 11 is 3.38. The summed E-state index contributed by atoms with van der Waals surface area (Å²) in [6, 6.07) is 6.96. The van der Waals surface area contributed by atoms with Gasteiger partial charge in [0.25, 0.3) is 0 Å². The molecule has 3 aromatic rings. The third-order valence-corrected chi connectivity index (χ3v) is 4.64. The van der Waals surface area contributed by atoms with Gasteiger partial charge in [0.05, 0.1) is 12.3 Å². The molecule has 0 fully saturated rings. The largest absolute Gasteiger partial charge is 0.395 e. The highest BCUT2D eigenvalue weighted by Crippen LogP contribution is 2.20. The van der Waals surface area contributed by atoms with Crippen LogP contribution in [0.5, 0.6) is 0 Å². The minimum absolute atomic E-state index is 0.0111. The van der Waals surface area contributed by atoms with Crippen LogP contribution in [0.25, 0.3) is 11.0 Å². The summed E-state index contributed by atoms with van der Waals surface area (Å²) in [5.41, 5.74) is 3.37. The van der Waals surface area contributed by atoms with Crippen molar-refractivity contribution in [3.63, 3.8) is 0 Å². The van der Waals surface area contributed by atoms with Crippen LogP contribution in [0.4, 0.5) is 4.39 Å². The molecule has 1 aromatic carbocycles. The lowest BCUT2D eigenvalue weighted by Gasteiger charge is -2.22. The van der Waals surface area contributed by atoms with Crippen LogP contribution in [-0.4, -0.2) is 37.9 Å². The van der Waals surface area contributed by atoms with Gasteiger partial charge in [-0.15, -0.1) is 0 Å². The molecule has 2 aromatic heterocycles. The first kappa shape index (κ1) is 18.0. The van der Waals surface area contributed by atoms with E-state index in [0.29, 0.717) is 25.2 Å². The predicted octanol–water partition coefficient (Wildman–Crippen LogP) is 3.17. The van der Waals surface area contributed by atoms with Crippen LogP contribution in [0, 0.1) is 12.7 Å². The van der Waals surface area contributed by atoms with Crippen LogP contribution >= 0.6 is 15.9 Å². The highest BCUT2D eigenvalue weighted by atomic mass is 79.9. The molecule has 132 valence electrons. The van der Waals surface area contributed by atoms with Crippen LogP contribution in [0.2, 0.25) is 0 Å². The Labute approximate surface area is 154 Å². The monoisotopic (exact) mass is 406 g/mol. The van der Waals surface area contributed by atoms with Crippen molar-refractivity contribution in [1.82, 2.24) is 19.7 Å². The Balaban J connectivity index is 1.84. The van der Waals surface area contributed by atoms with E-state index < -0.39 is 0 Å². The number of aromatic nitrogens is 3. The molecule has 3 rings (SSSR count). The SMILES string of the molecule is Cc1nn(C)c2ncc(CN(CCO)Cc3cc(Br)ccc3F)cc12. The number of benzene rings is 1. The maximum Gasteiger partial charge on any atom is 0.157 e. The summed E-state index contributed by atoms with van der Waals surface area (Å²) in [7, 11) is 1.87. The summed E-state index contributed by atoms with van der Waals surface area (Å²) in [4.78, 5) is 6.48. The lowest BCUT2D eigenvalue weighted by molar-refractivity contribution is 0.182. The molecule has 0 amide bonds. The van der Waals surface area contributed by atoms with Gasteiger partial charge in [-0.25, -0.2) is 9.37 Å². The number of fused-ring (bicyclic) bond motifs is 1. The van der Waals surface area contributed by atoms with Gasteiger partial charge in [-0.3, -0.25) is 9.58 Å². The van der Waals surface area contributed by atoms with Crippen LogP contribution < -0.4 is 0 Å². The van der Waals surface area contributed by atoms with Crippen molar-refractivity contribution in [3.05, 3.63) is 57.6 Å². The average molecular weight is 407 g/mol. The first-order valence-corrected chi connectivity index (χ1v) is 8.82. The Morgan fingerprint density at radius 1 is 1.28 bits per heavy atom. The smallest absolute Gasteiger partial charge is 0.157 e. The first-order valence-electron chi connectivity index (χ1n) is 8.03. The molecule has 0 bridgehead atoms. The molecule has 0 unspecified atom stereocenters. The molecule has 0 spiro atoms. The number of hydrogen-bond acceptors (Lipinski definition) is 4. The molecular formula is C18H20BrFN4O. The molecular weight excluding hydrogens is 387 g/mol. The fourth-order valence-electron chi connectivity index (χ4n) is 2.96. The molecule has 0 radical (unpaired) electrons. The van der Waals surface area contributed by atoms with Crippen molar-refractivity contribution < 1.29 is 9.50 Å². The van der Waals surface area contributed by atoms with Gasteiger partial charge in [-0.2, -0.15) is 5.10 Å². The molecule has 2 heterocycles. The zero-order valence-corrected chi connectivity index (χ0v) is 15.8. The number of hydrogen-bond donors (Lipinski definition) is 1. The van der Waals surface area contributed by atoms with E-state index in [1.54, 1.807) is 16.8 Å². The molecule has 0 atom stereocenters. The molecule has 1 N–H and O–H groups in total. The summed E-state index contributed by atoms with van der Waals surface area (Å²) < 4.78 is 16.6. The van der Waals surface area contributed by atoms with Crippen LogP contribution in [0.15, 0.2) is 34.9 Å². The Morgan fingerprint density at radius 3 is 2.84 bits per heavy atom. The van der Waals surface area contributed by atoms with Gasteiger partial charge in [-0.1, -0.05) is 15.9 Å². The predicted molar refractivity (Wildman–Crippen MR) is 98.5 cm³/mol. The Bertz CT molecular complexity index is 896. The van der Waals surface area contributed by atoms with E-state index >= 15 is 0 Å². The van der Waals surface area contributed by atoms with Gasteiger partial charge in [0.15, 0.2) is 5.65 Å². The standard InChI is InChI=1S/C18H20BrFN4O/c1-12-16-7-13(9-21-18(16)23(2)22-12)10-24(5-6-25)11-14-8-15(19)3-4-17(14)20/h3-4,7-9,25H,5-6,10-11H2,1-2H3. The second-order valence-corrected chi connectivity index (χ2v) is 7.01. The summed E-state index contributed by atoms with van der Waals surface area (Å²) in [5, 5.41) is 14.8. The number of aliphatic hydroxyl groups excluding tert-OH is 1. The zero-order valence-electron chi connectivity index (χ0n) is 14.2. The molecule has 0 aliphatic carbocycles. The second-order valence-electron chi connectivity index (χ2n) is 6.09. The van der Waals surface area contributed by atoms with Gasteiger partial charge in [0.1, 0.15) is 5.82 Å². The third kappa shape index (κ3) is 4.05. The van der Waals surface area contributed by atoms with Crippen molar-refractivity contribution >= 4 is 27.0 Å². The molecule has 0 aliphatic rings. The first-order chi connectivity index (χ1) is 12.0. The van der Waals surface area contributed by atoms with Crippen molar-refractivity contribution in [3.8, 4) is 0 Å². The van der Waals surface area contributed by atoms with Crippen LogP contribution in [0.3, 0.4) is 0 Å². The number of pyridine rings is 1. The summed E-state index contributed by atoms with van der Waals surface area (Å²) in [5.74, 6) is -0.247. The maximum atomic E-state index is 14.0. The average Bonchev–Trinajstić information content (AvgIpc) is 2.85. The third-order valence-electron chi connectivity index (χ3n) is 4.14. The van der Waals surface area contributed by atoms with E-state index in [9.17, 15) is 9.50 Å². The van der Waals surface area contributed by atoms with Crippen molar-refractivity contribution in [1.29, 1.82) is 0 Å². The number of aliphatic hydroxyl groups is 1. The summed E-state index contributed by atoms with van der Waals surface area (Å²) in [6.07, 6.45) is 1.81. The highest BCUT2D eigenvalue weighted by Gasteiger charge is 2.13. The Morgan fingerprint density at radius 2 is 2.08 bits per heavy atom. The summed E-state index contributed by atoms with van der Waals surface area (Å²) in [6.45, 7) is 3.41.